The van der Waals surface area contributed by atoms with E-state index in [0.717, 1.165) is 6.42 Å². The van der Waals surface area contributed by atoms with Crippen LogP contribution in [0.2, 0.25) is 5.54 Å². The van der Waals surface area contributed by atoms with Crippen LogP contribution in [0, 0.1) is 0 Å². The summed E-state index contributed by atoms with van der Waals surface area (Å²) in [5.74, 6) is 0.446. The summed E-state index contributed by atoms with van der Waals surface area (Å²) in [6, 6.07) is 0. The van der Waals surface area contributed by atoms with E-state index in [1.165, 1.54) is 0 Å². The van der Waals surface area contributed by atoms with Crippen molar-refractivity contribution >= 4 is 91.4 Å². The van der Waals surface area contributed by atoms with Crippen molar-refractivity contribution in [1.82, 2.24) is 15.0 Å². The number of hydrogen-bond acceptors (Lipinski definition) is 9. The molecule has 1 unspecified atom stereocenters. The molecule has 1 heterocycles. The van der Waals surface area contributed by atoms with E-state index < -0.39 is 8.80 Å². The minimum absolute atomic E-state index is 0. The number of anilines is 1. The number of thiol groups is 2. The molecule has 11 heteroatoms. The van der Waals surface area contributed by atoms with Crippen LogP contribution in [0.3, 0.4) is 0 Å². The Balaban J connectivity index is 0.00000400. The van der Waals surface area contributed by atoms with Crippen LogP contribution in [-0.4, -0.2) is 103 Å². The zero-order valence-corrected chi connectivity index (χ0v) is 14.7. The first kappa shape index (κ1) is 22.2. The zero-order valence-electron chi connectivity index (χ0n) is 12.0. The monoisotopic (exact) mass is 376 g/mol. The summed E-state index contributed by atoms with van der Waals surface area (Å²) in [5.41, 5.74) is 0.141. The number of aromatic nitrogens is 3. The van der Waals surface area contributed by atoms with Crippen molar-refractivity contribution in [3.8, 4) is 0 Å². The fourth-order valence-corrected chi connectivity index (χ4v) is 4.53. The first-order valence-corrected chi connectivity index (χ1v) is 8.70. The van der Waals surface area contributed by atoms with Gasteiger partial charge < -0.3 is 18.6 Å². The van der Waals surface area contributed by atoms with Gasteiger partial charge in [0.15, 0.2) is 10.3 Å². The predicted octanol–water partition coefficient (Wildman–Crippen LogP) is 0.871. The van der Waals surface area contributed by atoms with Crippen molar-refractivity contribution in [2.45, 2.75) is 29.2 Å². The Hall–Kier alpha value is 1.24. The molecule has 0 saturated carbocycles. The third kappa shape index (κ3) is 6.71. The maximum absolute atomic E-state index is 5.44. The average Bonchev–Trinajstić information content (AvgIpc) is 2.40. The minimum atomic E-state index is -2.60. The second-order valence-electron chi connectivity index (χ2n) is 4.09. The fourth-order valence-electron chi connectivity index (χ4n) is 1.86. The summed E-state index contributed by atoms with van der Waals surface area (Å²) < 4.78 is 16.3. The molecule has 21 heavy (non-hydrogen) atoms. The Labute approximate surface area is 180 Å². The number of nitrogens with one attached hydrogen (secondary N) is 1. The van der Waals surface area contributed by atoms with E-state index in [4.69, 9.17) is 13.3 Å². The van der Waals surface area contributed by atoms with Crippen molar-refractivity contribution in [1.29, 1.82) is 0 Å². The molecule has 1 rings (SSSR count). The molecule has 0 amide bonds. The summed E-state index contributed by atoms with van der Waals surface area (Å²) in [5, 5.41) is 3.75. The molecule has 0 aliphatic carbocycles. The number of nitrogens with zero attached hydrogens (tertiary/aromatic N) is 3. The average molecular weight is 377 g/mol. The molecule has 0 bridgehead atoms. The van der Waals surface area contributed by atoms with Gasteiger partial charge in [-0.05, 0) is 6.42 Å². The first-order valence-electron chi connectivity index (χ1n) is 6.00. The predicted molar refractivity (Wildman–Crippen MR) is 90.8 cm³/mol. The van der Waals surface area contributed by atoms with Gasteiger partial charge in [-0.1, -0.05) is 6.92 Å². The summed E-state index contributed by atoms with van der Waals surface area (Å²) >= 11 is 8.15. The van der Waals surface area contributed by atoms with Crippen LogP contribution >= 0.6 is 25.3 Å². The number of rotatable bonds is 8. The van der Waals surface area contributed by atoms with Gasteiger partial charge in [-0.25, -0.2) is 0 Å². The molecule has 1 aromatic rings. The van der Waals surface area contributed by atoms with Crippen LogP contribution in [0.4, 0.5) is 5.95 Å². The van der Waals surface area contributed by atoms with Gasteiger partial charge in [0.1, 0.15) is 0 Å². The molecule has 0 spiro atoms. The van der Waals surface area contributed by atoms with Crippen molar-refractivity contribution in [3.63, 3.8) is 0 Å². The van der Waals surface area contributed by atoms with Crippen molar-refractivity contribution in [2.75, 3.05) is 33.2 Å². The van der Waals surface area contributed by atoms with Gasteiger partial charge in [0.25, 0.3) is 0 Å². The van der Waals surface area contributed by atoms with E-state index in [0.29, 0.717) is 22.8 Å². The molecule has 0 aliphatic heterocycles. The molecule has 0 saturated heterocycles. The van der Waals surface area contributed by atoms with Crippen LogP contribution in [0.15, 0.2) is 10.3 Å². The van der Waals surface area contributed by atoms with E-state index in [2.05, 4.69) is 45.5 Å². The van der Waals surface area contributed by atoms with Crippen molar-refractivity contribution < 1.29 is 13.3 Å². The summed E-state index contributed by atoms with van der Waals surface area (Å²) in [6.07, 6.45) is 0.789. The molecule has 0 aliphatic rings. The zero-order chi connectivity index (χ0) is 15.2. The Morgan fingerprint density at radius 1 is 1.05 bits per heavy atom. The summed E-state index contributed by atoms with van der Waals surface area (Å²) in [7, 11) is 2.22. The molecule has 0 radical (unpaired) electrons. The standard InChI is InChI=1S/C10H20N4O3S2Si.K.H/c1-7(20(15-2,16-3)17-4)5-6-11-8-12-9(18)14-10(19)13-8;;/h7H,5-6H2,1-4H3,(H3,11,12,13,14,18,19);;. The molecular formula is C10H21KN4O3S2Si. The fraction of sp³-hybridized carbons (Fsp3) is 0.700. The first-order chi connectivity index (χ1) is 9.47. The molecule has 7 nitrogen and oxygen atoms in total. The Bertz CT molecular complexity index is 414. The second-order valence-corrected chi connectivity index (χ2v) is 8.31. The van der Waals surface area contributed by atoms with Crippen molar-refractivity contribution in [3.05, 3.63) is 0 Å². The van der Waals surface area contributed by atoms with E-state index in [9.17, 15) is 0 Å². The van der Waals surface area contributed by atoms with Gasteiger partial charge >= 0.3 is 60.2 Å². The van der Waals surface area contributed by atoms with Gasteiger partial charge in [-0.3, -0.25) is 0 Å². The van der Waals surface area contributed by atoms with Gasteiger partial charge in [-0.2, -0.15) is 15.0 Å². The Morgan fingerprint density at radius 3 is 1.95 bits per heavy atom. The van der Waals surface area contributed by atoms with Gasteiger partial charge in [0, 0.05) is 33.4 Å². The van der Waals surface area contributed by atoms with Gasteiger partial charge in [0.05, 0.1) is 0 Å². The molecule has 116 valence electrons. The SMILES string of the molecule is CO[Si](OC)(OC)C(C)CCNc1nc(S)nc(S)n1.[KH]. The molecule has 1 atom stereocenters. The summed E-state index contributed by atoms with van der Waals surface area (Å²) in [4.78, 5) is 12.0. The van der Waals surface area contributed by atoms with Crippen LogP contribution in [0.1, 0.15) is 13.3 Å². The summed E-state index contributed by atoms with van der Waals surface area (Å²) in [6.45, 7) is 2.68. The molecule has 1 aromatic heterocycles. The van der Waals surface area contributed by atoms with Crippen LogP contribution < -0.4 is 5.32 Å². The third-order valence-corrected chi connectivity index (χ3v) is 6.53. The van der Waals surface area contributed by atoms with Gasteiger partial charge in [-0.15, -0.1) is 25.3 Å². The van der Waals surface area contributed by atoms with Crippen LogP contribution in [0.25, 0.3) is 0 Å². The van der Waals surface area contributed by atoms with E-state index in [1.807, 2.05) is 6.92 Å². The van der Waals surface area contributed by atoms with E-state index >= 15 is 0 Å². The molecule has 0 fully saturated rings. The van der Waals surface area contributed by atoms with Gasteiger partial charge in [0.2, 0.25) is 5.95 Å². The molecular weight excluding hydrogens is 355 g/mol. The maximum atomic E-state index is 5.44. The number of hydrogen-bond donors (Lipinski definition) is 3. The van der Waals surface area contributed by atoms with Crippen molar-refractivity contribution in [2.24, 2.45) is 0 Å². The van der Waals surface area contributed by atoms with Crippen LogP contribution in [-0.2, 0) is 13.3 Å². The van der Waals surface area contributed by atoms with Crippen LogP contribution in [0.5, 0.6) is 0 Å². The Morgan fingerprint density at radius 2 is 1.52 bits per heavy atom. The van der Waals surface area contributed by atoms with E-state index in [-0.39, 0.29) is 56.9 Å². The third-order valence-electron chi connectivity index (χ3n) is 2.93. The molecule has 1 N–H and O–H groups in total. The second kappa shape index (κ2) is 10.9. The normalized spacial score (nSPS) is 12.7. The topological polar surface area (TPSA) is 78.4 Å². The Kier molecular flexibility index (Phi) is 11.6. The quantitative estimate of drug-likeness (QED) is 0.459. The molecule has 0 aromatic carbocycles. The van der Waals surface area contributed by atoms with E-state index in [1.54, 1.807) is 21.3 Å².